The molecule has 1 atom stereocenters. The van der Waals surface area contributed by atoms with Crippen molar-refractivity contribution in [1.82, 2.24) is 4.90 Å². The fourth-order valence-electron chi connectivity index (χ4n) is 2.47. The first-order valence-electron chi connectivity index (χ1n) is 7.47. The average Bonchev–Trinajstić information content (AvgIpc) is 2.49. The van der Waals surface area contributed by atoms with Gasteiger partial charge in [0.15, 0.2) is 0 Å². The van der Waals surface area contributed by atoms with Crippen molar-refractivity contribution in [1.29, 1.82) is 0 Å². The lowest BCUT2D eigenvalue weighted by atomic mass is 10.2. The van der Waals surface area contributed by atoms with Crippen molar-refractivity contribution in [2.24, 2.45) is 0 Å². The van der Waals surface area contributed by atoms with Gasteiger partial charge in [-0.1, -0.05) is 11.6 Å². The Bertz CT molecular complexity index is 510. The Morgan fingerprint density at radius 1 is 1.55 bits per heavy atom. The SMILES string of the molecule is COCC[C@@H]1CN(CC(=O)Nc2ccc(Cl)c(C)c2)CCO1. The predicted molar refractivity (Wildman–Crippen MR) is 87.5 cm³/mol. The summed E-state index contributed by atoms with van der Waals surface area (Å²) in [6.45, 7) is 5.15. The number of hydrogen-bond donors (Lipinski definition) is 1. The summed E-state index contributed by atoms with van der Waals surface area (Å²) in [5.74, 6) is -0.0193. The highest BCUT2D eigenvalue weighted by Crippen LogP contribution is 2.19. The lowest BCUT2D eigenvalue weighted by molar-refractivity contribution is -0.119. The van der Waals surface area contributed by atoms with E-state index in [9.17, 15) is 4.79 Å². The zero-order valence-electron chi connectivity index (χ0n) is 13.1. The van der Waals surface area contributed by atoms with Crippen molar-refractivity contribution < 1.29 is 14.3 Å². The lowest BCUT2D eigenvalue weighted by Gasteiger charge is -2.32. The normalized spacial score (nSPS) is 19.1. The van der Waals surface area contributed by atoms with Crippen molar-refractivity contribution >= 4 is 23.2 Å². The molecule has 0 saturated carbocycles. The van der Waals surface area contributed by atoms with Gasteiger partial charge in [0.1, 0.15) is 0 Å². The van der Waals surface area contributed by atoms with Crippen LogP contribution in [0.25, 0.3) is 0 Å². The highest BCUT2D eigenvalue weighted by atomic mass is 35.5. The molecule has 0 unspecified atom stereocenters. The zero-order valence-corrected chi connectivity index (χ0v) is 13.9. The first-order chi connectivity index (χ1) is 10.6. The summed E-state index contributed by atoms with van der Waals surface area (Å²) in [7, 11) is 1.68. The number of methoxy groups -OCH3 is 1. The number of carbonyl (C=O) groups excluding carboxylic acids is 1. The second kappa shape index (κ2) is 8.48. The van der Waals surface area contributed by atoms with E-state index in [1.165, 1.54) is 0 Å². The molecule has 1 aliphatic heterocycles. The summed E-state index contributed by atoms with van der Waals surface area (Å²) in [5.41, 5.74) is 1.72. The molecule has 2 rings (SSSR count). The summed E-state index contributed by atoms with van der Waals surface area (Å²) in [6, 6.07) is 5.48. The number of nitrogens with zero attached hydrogens (tertiary/aromatic N) is 1. The number of benzene rings is 1. The van der Waals surface area contributed by atoms with Gasteiger partial charge in [0.05, 0.1) is 19.3 Å². The first-order valence-corrected chi connectivity index (χ1v) is 7.85. The van der Waals surface area contributed by atoms with Gasteiger partial charge >= 0.3 is 0 Å². The van der Waals surface area contributed by atoms with Crippen LogP contribution in [0.2, 0.25) is 5.02 Å². The molecule has 0 spiro atoms. The predicted octanol–water partition coefficient (Wildman–Crippen LogP) is 2.32. The molecule has 1 amide bonds. The molecule has 1 aromatic rings. The number of carbonyl (C=O) groups is 1. The second-order valence-electron chi connectivity index (χ2n) is 5.52. The molecule has 22 heavy (non-hydrogen) atoms. The van der Waals surface area contributed by atoms with Crippen LogP contribution in [0.4, 0.5) is 5.69 Å². The second-order valence-corrected chi connectivity index (χ2v) is 5.93. The first kappa shape index (κ1) is 17.2. The molecule has 122 valence electrons. The average molecular weight is 327 g/mol. The van der Waals surface area contributed by atoms with Gasteiger partial charge in [0.25, 0.3) is 0 Å². The van der Waals surface area contributed by atoms with Crippen molar-refractivity contribution in [3.63, 3.8) is 0 Å². The van der Waals surface area contributed by atoms with Gasteiger partial charge in [0.2, 0.25) is 5.91 Å². The number of rotatable bonds is 6. The summed E-state index contributed by atoms with van der Waals surface area (Å²) in [4.78, 5) is 14.3. The Hall–Kier alpha value is -1.14. The van der Waals surface area contributed by atoms with Crippen LogP contribution in [-0.4, -0.2) is 56.9 Å². The molecule has 1 aromatic carbocycles. The lowest BCUT2D eigenvalue weighted by Crippen LogP contribution is -2.46. The molecule has 1 fully saturated rings. The summed E-state index contributed by atoms with van der Waals surface area (Å²) in [6.07, 6.45) is 0.990. The maximum atomic E-state index is 12.1. The molecule has 0 aliphatic carbocycles. The number of nitrogens with one attached hydrogen (secondary N) is 1. The minimum absolute atomic E-state index is 0.0193. The van der Waals surface area contributed by atoms with E-state index in [4.69, 9.17) is 21.1 Å². The van der Waals surface area contributed by atoms with Gasteiger partial charge in [-0.2, -0.15) is 0 Å². The monoisotopic (exact) mass is 326 g/mol. The van der Waals surface area contributed by atoms with Crippen molar-refractivity contribution in [2.45, 2.75) is 19.4 Å². The van der Waals surface area contributed by atoms with Crippen LogP contribution in [-0.2, 0) is 14.3 Å². The Labute approximate surface area is 136 Å². The van der Waals surface area contributed by atoms with E-state index in [0.29, 0.717) is 24.8 Å². The molecular formula is C16H23ClN2O3. The van der Waals surface area contributed by atoms with Gasteiger partial charge in [-0.3, -0.25) is 9.69 Å². The van der Waals surface area contributed by atoms with Crippen LogP contribution in [0.5, 0.6) is 0 Å². The molecule has 0 bridgehead atoms. The number of anilines is 1. The largest absolute Gasteiger partial charge is 0.385 e. The highest BCUT2D eigenvalue weighted by molar-refractivity contribution is 6.31. The third kappa shape index (κ3) is 5.25. The van der Waals surface area contributed by atoms with Crippen molar-refractivity contribution in [3.8, 4) is 0 Å². The molecule has 1 saturated heterocycles. The number of aryl methyl sites for hydroxylation is 1. The van der Waals surface area contributed by atoms with Crippen LogP contribution in [0.3, 0.4) is 0 Å². The molecule has 1 heterocycles. The minimum Gasteiger partial charge on any atom is -0.385 e. The number of amides is 1. The van der Waals surface area contributed by atoms with E-state index in [2.05, 4.69) is 10.2 Å². The molecular weight excluding hydrogens is 304 g/mol. The van der Waals surface area contributed by atoms with E-state index in [0.717, 1.165) is 30.8 Å². The van der Waals surface area contributed by atoms with Crippen molar-refractivity contribution in [2.75, 3.05) is 45.3 Å². The fraction of sp³-hybridized carbons (Fsp3) is 0.562. The highest BCUT2D eigenvalue weighted by Gasteiger charge is 2.21. The quantitative estimate of drug-likeness (QED) is 0.871. The Kier molecular flexibility index (Phi) is 6.64. The van der Waals surface area contributed by atoms with E-state index >= 15 is 0 Å². The minimum atomic E-state index is -0.0193. The Morgan fingerprint density at radius 2 is 2.36 bits per heavy atom. The topological polar surface area (TPSA) is 50.8 Å². The smallest absolute Gasteiger partial charge is 0.238 e. The molecule has 1 aliphatic rings. The number of hydrogen-bond acceptors (Lipinski definition) is 4. The molecule has 0 aromatic heterocycles. The van der Waals surface area contributed by atoms with Gasteiger partial charge < -0.3 is 14.8 Å². The number of ether oxygens (including phenoxy) is 2. The molecule has 0 radical (unpaired) electrons. The maximum Gasteiger partial charge on any atom is 0.238 e. The number of halogens is 1. The Balaban J connectivity index is 1.82. The standard InChI is InChI=1S/C16H23ClN2O3/c1-12-9-13(3-4-15(12)17)18-16(20)11-19-6-8-22-14(10-19)5-7-21-2/h3-4,9,14H,5-8,10-11H2,1-2H3,(H,18,20)/t14-/m1/s1. The van der Waals surface area contributed by atoms with Crippen LogP contribution in [0.15, 0.2) is 18.2 Å². The Morgan fingerprint density at radius 3 is 3.09 bits per heavy atom. The molecule has 1 N–H and O–H groups in total. The van der Waals surface area contributed by atoms with Crippen molar-refractivity contribution in [3.05, 3.63) is 28.8 Å². The molecule has 6 heteroatoms. The van der Waals surface area contributed by atoms with Gasteiger partial charge in [0, 0.05) is 37.5 Å². The van der Waals surface area contributed by atoms with E-state index in [1.807, 2.05) is 19.1 Å². The molecule has 5 nitrogen and oxygen atoms in total. The van der Waals surface area contributed by atoms with Crippen LogP contribution in [0.1, 0.15) is 12.0 Å². The summed E-state index contributed by atoms with van der Waals surface area (Å²) < 4.78 is 10.7. The third-order valence-electron chi connectivity index (χ3n) is 3.68. The van der Waals surface area contributed by atoms with Crippen LogP contribution in [0, 0.1) is 6.92 Å². The maximum absolute atomic E-state index is 12.1. The van der Waals surface area contributed by atoms with E-state index < -0.39 is 0 Å². The van der Waals surface area contributed by atoms with Gasteiger partial charge in [-0.15, -0.1) is 0 Å². The third-order valence-corrected chi connectivity index (χ3v) is 4.10. The zero-order chi connectivity index (χ0) is 15.9. The van der Waals surface area contributed by atoms with E-state index in [1.54, 1.807) is 13.2 Å². The summed E-state index contributed by atoms with van der Waals surface area (Å²) in [5, 5.41) is 3.61. The number of morpholine rings is 1. The van der Waals surface area contributed by atoms with Crippen LogP contribution >= 0.6 is 11.6 Å². The van der Waals surface area contributed by atoms with Gasteiger partial charge in [-0.25, -0.2) is 0 Å². The fourth-order valence-corrected chi connectivity index (χ4v) is 2.59. The van der Waals surface area contributed by atoms with Crippen LogP contribution < -0.4 is 5.32 Å². The van der Waals surface area contributed by atoms with Gasteiger partial charge in [-0.05, 0) is 37.1 Å². The van der Waals surface area contributed by atoms with E-state index in [-0.39, 0.29) is 12.0 Å². The summed E-state index contributed by atoms with van der Waals surface area (Å²) >= 11 is 5.99.